The zero-order chi connectivity index (χ0) is 32.5. The molecule has 224 valence electrons. The summed E-state index contributed by atoms with van der Waals surface area (Å²) in [7, 11) is -3.04. The Balaban J connectivity index is 1.57. The van der Waals surface area contributed by atoms with Gasteiger partial charge >= 0.3 is 0 Å². The van der Waals surface area contributed by atoms with Gasteiger partial charge in [0.2, 0.25) is 0 Å². The third-order valence-corrected chi connectivity index (χ3v) is 14.3. The second-order valence-electron chi connectivity index (χ2n) is 11.9. The monoisotopic (exact) mass is 627 g/mol. The maximum Gasteiger partial charge on any atom is 0.180 e. The van der Waals surface area contributed by atoms with Crippen LogP contribution in [0.1, 0.15) is 11.1 Å². The van der Waals surface area contributed by atoms with Crippen LogP contribution in [0.2, 0.25) is 0 Å². The average Bonchev–Trinajstić information content (AvgIpc) is 3.50. The Morgan fingerprint density at radius 1 is 0.458 bits per heavy atom. The number of hydrogen-bond acceptors (Lipinski definition) is 2. The van der Waals surface area contributed by atoms with Crippen LogP contribution in [0, 0.1) is 22.7 Å². The number of para-hydroxylation sites is 2. The van der Waals surface area contributed by atoms with E-state index < -0.39 is 8.07 Å². The van der Waals surface area contributed by atoms with Gasteiger partial charge in [-0.2, -0.15) is 10.5 Å². The lowest BCUT2D eigenvalue weighted by atomic mass is 9.96. The first-order valence-electron chi connectivity index (χ1n) is 16.0. The Bertz CT molecular complexity index is 2370. The molecule has 48 heavy (non-hydrogen) atoms. The van der Waals surface area contributed by atoms with Gasteiger partial charge in [-0.25, -0.2) is 0 Å². The summed E-state index contributed by atoms with van der Waals surface area (Å²) in [5.41, 5.74) is 5.84. The van der Waals surface area contributed by atoms with E-state index in [4.69, 9.17) is 0 Å². The van der Waals surface area contributed by atoms with Crippen molar-refractivity contribution in [3.8, 4) is 29.0 Å². The van der Waals surface area contributed by atoms with Crippen LogP contribution in [0.3, 0.4) is 0 Å². The van der Waals surface area contributed by atoms with E-state index in [1.807, 2.05) is 24.3 Å². The summed E-state index contributed by atoms with van der Waals surface area (Å²) in [6.07, 6.45) is 0. The molecule has 8 aromatic rings. The van der Waals surface area contributed by atoms with Gasteiger partial charge in [0.25, 0.3) is 0 Å². The summed E-state index contributed by atoms with van der Waals surface area (Å²) < 4.78 is 2.28. The van der Waals surface area contributed by atoms with E-state index in [0.29, 0.717) is 11.1 Å². The minimum Gasteiger partial charge on any atom is -0.309 e. The lowest BCUT2D eigenvalue weighted by Crippen LogP contribution is -2.75. The molecule has 8 rings (SSSR count). The zero-order valence-electron chi connectivity index (χ0n) is 26.1. The van der Waals surface area contributed by atoms with E-state index in [-0.39, 0.29) is 0 Å². The van der Waals surface area contributed by atoms with E-state index >= 15 is 0 Å². The van der Waals surface area contributed by atoms with Crippen molar-refractivity contribution in [2.24, 2.45) is 0 Å². The molecule has 0 atom stereocenters. The fraction of sp³-hybridized carbons (Fsp3) is 0. The Morgan fingerprint density at radius 3 is 1.46 bits per heavy atom. The molecule has 0 saturated carbocycles. The minimum atomic E-state index is -3.04. The number of fused-ring (bicyclic) bond motifs is 3. The Kier molecular flexibility index (Phi) is 7.27. The maximum atomic E-state index is 10.8. The molecular formula is C44H29N3Si. The largest absolute Gasteiger partial charge is 0.309 e. The molecule has 4 heteroatoms. The first kappa shape index (κ1) is 29.0. The summed E-state index contributed by atoms with van der Waals surface area (Å²) in [6.45, 7) is 0. The predicted molar refractivity (Wildman–Crippen MR) is 199 cm³/mol. The third kappa shape index (κ3) is 4.48. The second kappa shape index (κ2) is 12.0. The first-order valence-corrected chi connectivity index (χ1v) is 18.0. The van der Waals surface area contributed by atoms with Crippen LogP contribution >= 0.6 is 0 Å². The highest BCUT2D eigenvalue weighted by Gasteiger charge is 2.43. The van der Waals surface area contributed by atoms with Crippen LogP contribution in [0.25, 0.3) is 38.6 Å². The van der Waals surface area contributed by atoms with Gasteiger partial charge < -0.3 is 4.57 Å². The van der Waals surface area contributed by atoms with E-state index in [1.165, 1.54) is 15.6 Å². The lowest BCUT2D eigenvalue weighted by Gasteiger charge is -2.36. The number of nitriles is 2. The summed E-state index contributed by atoms with van der Waals surface area (Å²) in [5, 5.41) is 28.2. The summed E-state index contributed by atoms with van der Waals surface area (Å²) in [5.74, 6) is 0. The van der Waals surface area contributed by atoms with Crippen LogP contribution in [-0.4, -0.2) is 12.6 Å². The van der Waals surface area contributed by atoms with Gasteiger partial charge in [-0.3, -0.25) is 0 Å². The molecule has 3 nitrogen and oxygen atoms in total. The quantitative estimate of drug-likeness (QED) is 0.141. The summed E-state index contributed by atoms with van der Waals surface area (Å²) in [4.78, 5) is 0. The predicted octanol–water partition coefficient (Wildman–Crippen LogP) is 7.57. The van der Waals surface area contributed by atoms with Gasteiger partial charge in [0.05, 0.1) is 40.0 Å². The molecule has 0 fully saturated rings. The van der Waals surface area contributed by atoms with Crippen LogP contribution < -0.4 is 20.7 Å². The minimum absolute atomic E-state index is 0.548. The molecule has 0 N–H and O–H groups in total. The summed E-state index contributed by atoms with van der Waals surface area (Å²) >= 11 is 0. The normalized spacial score (nSPS) is 11.3. The molecule has 0 spiro atoms. The van der Waals surface area contributed by atoms with Crippen LogP contribution in [0.15, 0.2) is 176 Å². The highest BCUT2D eigenvalue weighted by atomic mass is 28.3. The zero-order valence-corrected chi connectivity index (χ0v) is 27.1. The molecule has 1 heterocycles. The SMILES string of the molecule is N#Cc1ccc([Si](c2ccccc2)(c2ccccc2)c2ccccc2)c(-c2c(C#N)cccc2-n2c3ccccc3c3ccccc32)c1. The Hall–Kier alpha value is -6.46. The first-order chi connectivity index (χ1) is 23.8. The molecule has 0 radical (unpaired) electrons. The van der Waals surface area contributed by atoms with Gasteiger partial charge in [-0.15, -0.1) is 0 Å². The number of benzene rings is 7. The number of aromatic nitrogens is 1. The number of hydrogen-bond donors (Lipinski definition) is 0. The van der Waals surface area contributed by atoms with Crippen molar-refractivity contribution < 1.29 is 0 Å². The van der Waals surface area contributed by atoms with Gasteiger partial charge in [-0.1, -0.05) is 140 Å². The molecule has 0 saturated heterocycles. The summed E-state index contributed by atoms with van der Waals surface area (Å²) in [6, 6.07) is 66.1. The molecular weight excluding hydrogens is 599 g/mol. The van der Waals surface area contributed by atoms with E-state index in [0.717, 1.165) is 43.8 Å². The standard InChI is InChI=1S/C44H29N3Si/c45-30-32-27-28-43(48(34-16-4-1-5-17-34,35-18-6-2-7-19-35)36-20-8-3-9-21-36)39(29-32)44-33(31-46)15-14-26-42(44)47-40-24-12-10-22-37(40)38-23-11-13-25-41(38)47/h1-29H. The van der Waals surface area contributed by atoms with E-state index in [9.17, 15) is 10.5 Å². The molecule has 0 amide bonds. The van der Waals surface area contributed by atoms with Crippen molar-refractivity contribution in [2.45, 2.75) is 0 Å². The third-order valence-electron chi connectivity index (χ3n) is 9.43. The fourth-order valence-electron chi connectivity index (χ4n) is 7.46. The Morgan fingerprint density at radius 2 is 0.958 bits per heavy atom. The van der Waals surface area contributed by atoms with Gasteiger partial charge in [0.1, 0.15) is 0 Å². The lowest BCUT2D eigenvalue weighted by molar-refractivity contribution is 1.18. The molecule has 0 unspecified atom stereocenters. The van der Waals surface area contributed by atoms with Gasteiger partial charge in [-0.05, 0) is 62.7 Å². The number of nitrogens with zero attached hydrogens (tertiary/aromatic N) is 3. The topological polar surface area (TPSA) is 52.5 Å². The molecule has 0 bridgehead atoms. The van der Waals surface area contributed by atoms with Crippen molar-refractivity contribution >= 4 is 50.6 Å². The van der Waals surface area contributed by atoms with Crippen LogP contribution in [-0.2, 0) is 0 Å². The van der Waals surface area contributed by atoms with Crippen molar-refractivity contribution in [1.29, 1.82) is 10.5 Å². The van der Waals surface area contributed by atoms with Crippen LogP contribution in [0.5, 0.6) is 0 Å². The second-order valence-corrected chi connectivity index (χ2v) is 15.7. The highest BCUT2D eigenvalue weighted by molar-refractivity contribution is 7.20. The van der Waals surface area contributed by atoms with Crippen molar-refractivity contribution in [1.82, 2.24) is 4.57 Å². The van der Waals surface area contributed by atoms with Crippen molar-refractivity contribution in [2.75, 3.05) is 0 Å². The maximum absolute atomic E-state index is 10.8. The van der Waals surface area contributed by atoms with E-state index in [1.54, 1.807) is 0 Å². The Labute approximate surface area is 280 Å². The van der Waals surface area contributed by atoms with Crippen LogP contribution in [0.4, 0.5) is 0 Å². The molecule has 7 aromatic carbocycles. The number of rotatable bonds is 6. The van der Waals surface area contributed by atoms with Crippen molar-refractivity contribution in [3.63, 3.8) is 0 Å². The van der Waals surface area contributed by atoms with Gasteiger partial charge in [0, 0.05) is 16.3 Å². The van der Waals surface area contributed by atoms with Crippen molar-refractivity contribution in [3.05, 3.63) is 187 Å². The molecule has 0 aliphatic carbocycles. The fourth-order valence-corrected chi connectivity index (χ4v) is 12.4. The molecule has 0 aliphatic heterocycles. The molecule has 1 aromatic heterocycles. The smallest absolute Gasteiger partial charge is 0.180 e. The van der Waals surface area contributed by atoms with E-state index in [2.05, 4.69) is 168 Å². The van der Waals surface area contributed by atoms with Gasteiger partial charge in [0.15, 0.2) is 8.07 Å². The molecule has 0 aliphatic rings. The highest BCUT2D eigenvalue weighted by Crippen LogP contribution is 2.38. The average molecular weight is 628 g/mol.